The van der Waals surface area contributed by atoms with Gasteiger partial charge in [-0.15, -0.1) is 0 Å². The summed E-state index contributed by atoms with van der Waals surface area (Å²) in [5.74, 6) is 0. The molecule has 0 unspecified atom stereocenters. The minimum absolute atomic E-state index is 0.985. The monoisotopic (exact) mass is 296 g/mol. The average Bonchev–Trinajstić information content (AvgIpc) is 2.55. The molecule has 0 saturated heterocycles. The van der Waals surface area contributed by atoms with Crippen LogP contribution in [0.1, 0.15) is 104 Å². The van der Waals surface area contributed by atoms with Crippen molar-refractivity contribution in [3.8, 4) is 0 Å². The summed E-state index contributed by atoms with van der Waals surface area (Å²) in [5, 5.41) is 0. The van der Waals surface area contributed by atoms with E-state index in [1.54, 1.807) is 0 Å². The molecule has 126 valence electrons. The predicted molar refractivity (Wildman–Crippen MR) is 95.7 cm³/mol. The molecule has 0 amide bonds. The van der Waals surface area contributed by atoms with Gasteiger partial charge in [-0.25, -0.2) is 0 Å². The van der Waals surface area contributed by atoms with Crippen LogP contribution in [0.2, 0.25) is 0 Å². The van der Waals surface area contributed by atoms with Crippen LogP contribution in [-0.4, -0.2) is 30.2 Å². The molecule has 0 aromatic carbocycles. The van der Waals surface area contributed by atoms with Crippen LogP contribution >= 0.6 is 0 Å². The molecule has 0 spiro atoms. The van der Waals surface area contributed by atoms with Crippen LogP contribution in [0.5, 0.6) is 0 Å². The molecule has 0 aromatic rings. The second kappa shape index (κ2) is 11.5. The number of hydrogen-bond donors (Lipinski definition) is 0. The molecule has 0 bridgehead atoms. The quantitative estimate of drug-likeness (QED) is 0.292. The summed E-state index contributed by atoms with van der Waals surface area (Å²) < 4.78 is 1.43. The van der Waals surface area contributed by atoms with Crippen molar-refractivity contribution >= 4 is 0 Å². The van der Waals surface area contributed by atoms with Gasteiger partial charge in [0.2, 0.25) is 0 Å². The van der Waals surface area contributed by atoms with Crippen molar-refractivity contribution in [1.29, 1.82) is 0 Å². The first-order chi connectivity index (χ1) is 10.3. The summed E-state index contributed by atoms with van der Waals surface area (Å²) in [6.45, 7) is 11.3. The van der Waals surface area contributed by atoms with E-state index >= 15 is 0 Å². The summed E-state index contributed by atoms with van der Waals surface area (Å²) in [6, 6.07) is 0.985. The summed E-state index contributed by atoms with van der Waals surface area (Å²) in [7, 11) is 0. The Hall–Kier alpha value is -0.0400. The summed E-state index contributed by atoms with van der Waals surface area (Å²) >= 11 is 0. The Morgan fingerprint density at radius 2 is 1.19 bits per heavy atom. The predicted octanol–water partition coefficient (Wildman–Crippen LogP) is 6.32. The van der Waals surface area contributed by atoms with Crippen LogP contribution in [0.4, 0.5) is 0 Å². The van der Waals surface area contributed by atoms with Gasteiger partial charge in [0.1, 0.15) is 0 Å². The Morgan fingerprint density at radius 1 is 0.667 bits per heavy atom. The van der Waals surface area contributed by atoms with Gasteiger partial charge in [-0.05, 0) is 52.4 Å². The molecular weight excluding hydrogens is 254 g/mol. The molecule has 1 heteroatoms. The lowest BCUT2D eigenvalue weighted by Gasteiger charge is -2.45. The second-order valence-corrected chi connectivity index (χ2v) is 7.34. The zero-order chi connectivity index (χ0) is 15.4. The first-order valence-corrected chi connectivity index (χ1v) is 10.1. The summed E-state index contributed by atoms with van der Waals surface area (Å²) in [6.07, 6.45) is 19.1. The molecule has 0 radical (unpaired) electrons. The van der Waals surface area contributed by atoms with Crippen LogP contribution in [-0.2, 0) is 0 Å². The summed E-state index contributed by atoms with van der Waals surface area (Å²) in [4.78, 5) is 0. The van der Waals surface area contributed by atoms with Gasteiger partial charge in [-0.1, -0.05) is 51.9 Å². The molecular formula is C20H42N+. The fourth-order valence-corrected chi connectivity index (χ4v) is 4.43. The first kappa shape index (κ1) is 19.0. The molecule has 1 aliphatic carbocycles. The van der Waals surface area contributed by atoms with E-state index in [9.17, 15) is 0 Å². The highest BCUT2D eigenvalue weighted by atomic mass is 15.4. The normalized spacial score (nSPS) is 17.3. The smallest absolute Gasteiger partial charge is 0.0890 e. The van der Waals surface area contributed by atoms with Crippen molar-refractivity contribution in [2.45, 2.75) is 110 Å². The Kier molecular flexibility index (Phi) is 10.4. The van der Waals surface area contributed by atoms with Crippen LogP contribution in [0.3, 0.4) is 0 Å². The van der Waals surface area contributed by atoms with Crippen LogP contribution in [0, 0.1) is 0 Å². The third kappa shape index (κ3) is 6.72. The second-order valence-electron chi connectivity index (χ2n) is 7.34. The number of nitrogens with zero attached hydrogens (tertiary/aromatic N) is 1. The van der Waals surface area contributed by atoms with Gasteiger partial charge in [0.25, 0.3) is 0 Å². The Morgan fingerprint density at radius 3 is 1.71 bits per heavy atom. The van der Waals surface area contributed by atoms with Crippen molar-refractivity contribution in [2.75, 3.05) is 19.6 Å². The SMILES string of the molecule is CCCCCCCCCC[N+](CC)(CC)C1CCCCC1. The summed E-state index contributed by atoms with van der Waals surface area (Å²) in [5.41, 5.74) is 0. The van der Waals surface area contributed by atoms with E-state index < -0.39 is 0 Å². The van der Waals surface area contributed by atoms with E-state index in [4.69, 9.17) is 0 Å². The van der Waals surface area contributed by atoms with E-state index in [1.165, 1.54) is 108 Å². The molecule has 1 saturated carbocycles. The van der Waals surface area contributed by atoms with Gasteiger partial charge in [-0.3, -0.25) is 0 Å². The lowest BCUT2D eigenvalue weighted by atomic mass is 9.91. The highest BCUT2D eigenvalue weighted by Crippen LogP contribution is 2.29. The third-order valence-electron chi connectivity index (χ3n) is 6.07. The molecule has 1 nitrogen and oxygen atoms in total. The largest absolute Gasteiger partial charge is 0.322 e. The topological polar surface area (TPSA) is 0 Å². The maximum Gasteiger partial charge on any atom is 0.0890 e. The lowest BCUT2D eigenvalue weighted by molar-refractivity contribution is -0.949. The Bertz CT molecular complexity index is 226. The maximum atomic E-state index is 2.43. The molecule has 21 heavy (non-hydrogen) atoms. The van der Waals surface area contributed by atoms with E-state index in [2.05, 4.69) is 20.8 Å². The van der Waals surface area contributed by atoms with Crippen LogP contribution in [0.15, 0.2) is 0 Å². The Balaban J connectivity index is 2.21. The molecule has 1 rings (SSSR count). The molecule has 0 aromatic heterocycles. The zero-order valence-corrected chi connectivity index (χ0v) is 15.3. The van der Waals surface area contributed by atoms with Crippen molar-refractivity contribution in [3.05, 3.63) is 0 Å². The molecule has 0 aliphatic heterocycles. The van der Waals surface area contributed by atoms with Crippen LogP contribution < -0.4 is 0 Å². The van der Waals surface area contributed by atoms with E-state index in [-0.39, 0.29) is 0 Å². The average molecular weight is 297 g/mol. The van der Waals surface area contributed by atoms with Gasteiger partial charge in [0.15, 0.2) is 0 Å². The van der Waals surface area contributed by atoms with Gasteiger partial charge in [0.05, 0.1) is 25.7 Å². The third-order valence-corrected chi connectivity index (χ3v) is 6.07. The molecule has 1 aliphatic rings. The van der Waals surface area contributed by atoms with Gasteiger partial charge >= 0.3 is 0 Å². The number of quaternary nitrogens is 1. The maximum absolute atomic E-state index is 2.43. The minimum Gasteiger partial charge on any atom is -0.322 e. The van der Waals surface area contributed by atoms with Gasteiger partial charge in [0, 0.05) is 0 Å². The standard InChI is InChI=1S/C20H42N/c1-4-7-8-9-10-11-12-16-19-21(5-2,6-3)20-17-14-13-15-18-20/h20H,4-19H2,1-3H3/q+1. The number of unbranched alkanes of at least 4 members (excludes halogenated alkanes) is 7. The molecule has 0 N–H and O–H groups in total. The fourth-order valence-electron chi connectivity index (χ4n) is 4.43. The lowest BCUT2D eigenvalue weighted by Crippen LogP contribution is -2.56. The minimum atomic E-state index is 0.985. The highest BCUT2D eigenvalue weighted by Gasteiger charge is 2.34. The molecule has 0 atom stereocenters. The Labute approximate surface area is 135 Å². The first-order valence-electron chi connectivity index (χ1n) is 10.1. The van der Waals surface area contributed by atoms with Gasteiger partial charge in [-0.2, -0.15) is 0 Å². The zero-order valence-electron chi connectivity index (χ0n) is 15.3. The number of rotatable bonds is 12. The van der Waals surface area contributed by atoms with E-state index in [0.717, 1.165) is 6.04 Å². The van der Waals surface area contributed by atoms with E-state index in [1.807, 2.05) is 0 Å². The number of hydrogen-bond acceptors (Lipinski definition) is 0. The van der Waals surface area contributed by atoms with Crippen LogP contribution in [0.25, 0.3) is 0 Å². The fraction of sp³-hybridized carbons (Fsp3) is 1.00. The van der Waals surface area contributed by atoms with Crippen molar-refractivity contribution in [3.63, 3.8) is 0 Å². The van der Waals surface area contributed by atoms with Gasteiger partial charge < -0.3 is 4.48 Å². The highest BCUT2D eigenvalue weighted by molar-refractivity contribution is 4.67. The van der Waals surface area contributed by atoms with Crippen molar-refractivity contribution in [1.82, 2.24) is 0 Å². The van der Waals surface area contributed by atoms with Crippen molar-refractivity contribution in [2.24, 2.45) is 0 Å². The van der Waals surface area contributed by atoms with E-state index in [0.29, 0.717) is 0 Å². The molecule has 1 fully saturated rings. The molecule has 0 heterocycles. The van der Waals surface area contributed by atoms with Crippen molar-refractivity contribution < 1.29 is 4.48 Å².